The highest BCUT2D eigenvalue weighted by molar-refractivity contribution is 5.70. The van der Waals surface area contributed by atoms with E-state index in [1.54, 1.807) is 18.3 Å². The first kappa shape index (κ1) is 17.0. The van der Waals surface area contributed by atoms with Crippen molar-refractivity contribution in [3.63, 3.8) is 0 Å². The molecule has 0 atom stereocenters. The Morgan fingerprint density at radius 3 is 2.36 bits per heavy atom. The molecule has 1 nitrogen and oxygen atoms in total. The number of halogens is 2. The molecule has 2 aromatic carbocycles. The molecule has 0 amide bonds. The van der Waals surface area contributed by atoms with E-state index < -0.39 is 11.6 Å². The highest BCUT2D eigenvalue weighted by Crippen LogP contribution is 2.19. The minimum Gasteiger partial charge on any atom is -0.256 e. The summed E-state index contributed by atoms with van der Waals surface area (Å²) < 4.78 is 26.5. The highest BCUT2D eigenvalue weighted by atomic mass is 19.1. The largest absolute Gasteiger partial charge is 0.256 e. The van der Waals surface area contributed by atoms with Crippen LogP contribution in [0.4, 0.5) is 8.78 Å². The van der Waals surface area contributed by atoms with Gasteiger partial charge in [-0.15, -0.1) is 0 Å². The molecule has 3 heteroatoms. The zero-order valence-corrected chi connectivity index (χ0v) is 14.0. The Kier molecular flexibility index (Phi) is 5.34. The van der Waals surface area contributed by atoms with E-state index in [0.717, 1.165) is 35.7 Å². The Labute approximate surface area is 146 Å². The van der Waals surface area contributed by atoms with Crippen molar-refractivity contribution < 1.29 is 8.78 Å². The summed E-state index contributed by atoms with van der Waals surface area (Å²) in [4.78, 5) is 4.47. The fourth-order valence-corrected chi connectivity index (χ4v) is 2.63. The van der Waals surface area contributed by atoms with Crippen LogP contribution in [0.1, 0.15) is 30.0 Å². The van der Waals surface area contributed by atoms with Crippen LogP contribution in [0.2, 0.25) is 0 Å². The van der Waals surface area contributed by atoms with Crippen LogP contribution in [0.15, 0.2) is 60.8 Å². The number of hydrogen-bond donors (Lipinski definition) is 0. The number of rotatable bonds is 5. The Bertz CT molecular complexity index is 866. The van der Waals surface area contributed by atoms with Gasteiger partial charge >= 0.3 is 0 Å². The Hall–Kier alpha value is -2.81. The van der Waals surface area contributed by atoms with Crippen molar-refractivity contribution in [3.8, 4) is 11.3 Å². The Morgan fingerprint density at radius 1 is 0.920 bits per heavy atom. The lowest BCUT2D eigenvalue weighted by Crippen LogP contribution is -1.87. The van der Waals surface area contributed by atoms with Crippen LogP contribution < -0.4 is 0 Å². The molecular formula is C22H19F2N. The van der Waals surface area contributed by atoms with Gasteiger partial charge in [-0.05, 0) is 35.7 Å². The lowest BCUT2D eigenvalue weighted by molar-refractivity contribution is 0.581. The molecule has 0 aliphatic heterocycles. The molecule has 0 saturated heterocycles. The minimum atomic E-state index is -0.578. The van der Waals surface area contributed by atoms with Gasteiger partial charge in [-0.25, -0.2) is 8.78 Å². The molecule has 0 fully saturated rings. The van der Waals surface area contributed by atoms with Crippen LogP contribution in [0, 0.1) is 11.6 Å². The van der Waals surface area contributed by atoms with Gasteiger partial charge in [-0.3, -0.25) is 4.98 Å². The van der Waals surface area contributed by atoms with Gasteiger partial charge < -0.3 is 0 Å². The normalized spacial score (nSPS) is 11.2. The van der Waals surface area contributed by atoms with Crippen LogP contribution in [0.3, 0.4) is 0 Å². The summed E-state index contributed by atoms with van der Waals surface area (Å²) in [7, 11) is 0. The third kappa shape index (κ3) is 4.38. The zero-order chi connectivity index (χ0) is 17.6. The number of pyridine rings is 1. The topological polar surface area (TPSA) is 12.9 Å². The molecule has 0 N–H and O–H groups in total. The van der Waals surface area contributed by atoms with Crippen molar-refractivity contribution in [3.05, 3.63) is 89.1 Å². The predicted molar refractivity (Wildman–Crippen MR) is 99.0 cm³/mol. The van der Waals surface area contributed by atoms with Gasteiger partial charge in [0.25, 0.3) is 0 Å². The second-order valence-electron chi connectivity index (χ2n) is 5.92. The summed E-state index contributed by atoms with van der Waals surface area (Å²) in [6, 6.07) is 15.8. The molecule has 0 bridgehead atoms. The lowest BCUT2D eigenvalue weighted by Gasteiger charge is -2.04. The summed E-state index contributed by atoms with van der Waals surface area (Å²) in [5, 5.41) is 0. The maximum absolute atomic E-state index is 13.6. The van der Waals surface area contributed by atoms with Gasteiger partial charge in [0.2, 0.25) is 0 Å². The average molecular weight is 335 g/mol. The average Bonchev–Trinajstić information content (AvgIpc) is 2.62. The second kappa shape index (κ2) is 7.84. The standard InChI is InChI=1S/C22H19F2N/c1-2-3-16-4-9-19(10-5-16)22-13-7-17(15-25-22)6-8-18-11-12-20(23)14-21(18)24/h4-15H,2-3H2,1H3/b8-6+. The van der Waals surface area contributed by atoms with E-state index in [9.17, 15) is 8.78 Å². The molecule has 3 rings (SSSR count). The Morgan fingerprint density at radius 2 is 1.72 bits per heavy atom. The lowest BCUT2D eigenvalue weighted by atomic mass is 10.1. The molecule has 0 aliphatic rings. The maximum atomic E-state index is 13.6. The molecule has 0 radical (unpaired) electrons. The summed E-state index contributed by atoms with van der Waals surface area (Å²) in [5.74, 6) is -1.15. The molecule has 3 aromatic rings. The van der Waals surface area contributed by atoms with Crippen LogP contribution in [-0.2, 0) is 6.42 Å². The first-order chi connectivity index (χ1) is 12.2. The summed E-state index contributed by atoms with van der Waals surface area (Å²) >= 11 is 0. The summed E-state index contributed by atoms with van der Waals surface area (Å²) in [6.45, 7) is 2.17. The first-order valence-electron chi connectivity index (χ1n) is 8.34. The molecule has 0 spiro atoms. The predicted octanol–water partition coefficient (Wildman–Crippen LogP) is 6.15. The second-order valence-corrected chi connectivity index (χ2v) is 5.92. The van der Waals surface area contributed by atoms with E-state index in [-0.39, 0.29) is 0 Å². The van der Waals surface area contributed by atoms with Gasteiger partial charge in [0.05, 0.1) is 5.69 Å². The van der Waals surface area contributed by atoms with Gasteiger partial charge in [0.1, 0.15) is 11.6 Å². The maximum Gasteiger partial charge on any atom is 0.133 e. The monoisotopic (exact) mass is 335 g/mol. The molecule has 1 heterocycles. The smallest absolute Gasteiger partial charge is 0.133 e. The quantitative estimate of drug-likeness (QED) is 0.545. The molecule has 25 heavy (non-hydrogen) atoms. The van der Waals surface area contributed by atoms with Crippen molar-refractivity contribution in [1.29, 1.82) is 0 Å². The van der Waals surface area contributed by atoms with Crippen LogP contribution >= 0.6 is 0 Å². The van der Waals surface area contributed by atoms with Crippen molar-refractivity contribution in [2.45, 2.75) is 19.8 Å². The first-order valence-corrected chi connectivity index (χ1v) is 8.34. The van der Waals surface area contributed by atoms with Crippen molar-refractivity contribution in [2.24, 2.45) is 0 Å². The van der Waals surface area contributed by atoms with Crippen LogP contribution in [0.25, 0.3) is 23.4 Å². The molecule has 0 saturated carbocycles. The number of hydrogen-bond acceptors (Lipinski definition) is 1. The molecular weight excluding hydrogens is 316 g/mol. The van der Waals surface area contributed by atoms with E-state index in [0.29, 0.717) is 5.56 Å². The van der Waals surface area contributed by atoms with E-state index >= 15 is 0 Å². The van der Waals surface area contributed by atoms with Crippen molar-refractivity contribution in [2.75, 3.05) is 0 Å². The number of aromatic nitrogens is 1. The van der Waals surface area contributed by atoms with Crippen molar-refractivity contribution in [1.82, 2.24) is 4.98 Å². The van der Waals surface area contributed by atoms with E-state index in [1.165, 1.54) is 17.7 Å². The molecule has 0 unspecified atom stereocenters. The van der Waals surface area contributed by atoms with E-state index in [4.69, 9.17) is 0 Å². The summed E-state index contributed by atoms with van der Waals surface area (Å²) in [6.07, 6.45) is 7.33. The molecule has 126 valence electrons. The number of benzene rings is 2. The molecule has 0 aliphatic carbocycles. The van der Waals surface area contributed by atoms with Gasteiger partial charge in [0, 0.05) is 23.4 Å². The van der Waals surface area contributed by atoms with Crippen molar-refractivity contribution >= 4 is 12.2 Å². The third-order valence-corrected chi connectivity index (χ3v) is 3.99. The Balaban J connectivity index is 1.74. The van der Waals surface area contributed by atoms with Gasteiger partial charge in [-0.1, -0.05) is 55.8 Å². The fourth-order valence-electron chi connectivity index (χ4n) is 2.63. The summed E-state index contributed by atoms with van der Waals surface area (Å²) in [5.41, 5.74) is 4.49. The molecule has 1 aromatic heterocycles. The minimum absolute atomic E-state index is 0.344. The van der Waals surface area contributed by atoms with Gasteiger partial charge in [-0.2, -0.15) is 0 Å². The third-order valence-electron chi connectivity index (χ3n) is 3.99. The fraction of sp³-hybridized carbons (Fsp3) is 0.136. The number of aryl methyl sites for hydroxylation is 1. The highest BCUT2D eigenvalue weighted by Gasteiger charge is 2.02. The van der Waals surface area contributed by atoms with Crippen LogP contribution in [0.5, 0.6) is 0 Å². The van der Waals surface area contributed by atoms with Gasteiger partial charge in [0.15, 0.2) is 0 Å². The SMILES string of the molecule is CCCc1ccc(-c2ccc(/C=C/c3ccc(F)cc3F)cn2)cc1. The van der Waals surface area contributed by atoms with Crippen LogP contribution in [-0.4, -0.2) is 4.98 Å². The zero-order valence-electron chi connectivity index (χ0n) is 14.0. The van der Waals surface area contributed by atoms with E-state index in [2.05, 4.69) is 36.2 Å². The van der Waals surface area contributed by atoms with E-state index in [1.807, 2.05) is 12.1 Å². The number of nitrogens with zero attached hydrogens (tertiary/aromatic N) is 1.